The van der Waals surface area contributed by atoms with Gasteiger partial charge in [-0.3, -0.25) is 5.84 Å². The molecule has 0 fully saturated rings. The number of hydrogen-bond acceptors (Lipinski definition) is 3. The number of para-hydroxylation sites is 1. The van der Waals surface area contributed by atoms with Crippen LogP contribution in [0, 0.1) is 6.92 Å². The maximum absolute atomic E-state index is 5.80. The SMILES string of the molecule is CCC(NN)c1cc2cccc(C)c2o1. The third-order valence-electron chi connectivity index (χ3n) is 2.71. The van der Waals surface area contributed by atoms with E-state index in [4.69, 9.17) is 10.3 Å². The quantitative estimate of drug-likeness (QED) is 0.597. The fourth-order valence-electron chi connectivity index (χ4n) is 1.80. The van der Waals surface area contributed by atoms with Crippen LogP contribution < -0.4 is 11.3 Å². The van der Waals surface area contributed by atoms with Gasteiger partial charge in [0.1, 0.15) is 11.3 Å². The van der Waals surface area contributed by atoms with Crippen LogP contribution in [-0.4, -0.2) is 0 Å². The Hall–Kier alpha value is -1.32. The average molecular weight is 204 g/mol. The predicted molar refractivity (Wildman–Crippen MR) is 61.3 cm³/mol. The van der Waals surface area contributed by atoms with E-state index in [1.807, 2.05) is 19.1 Å². The van der Waals surface area contributed by atoms with E-state index in [0.29, 0.717) is 0 Å². The van der Waals surface area contributed by atoms with E-state index in [-0.39, 0.29) is 6.04 Å². The number of rotatable bonds is 3. The van der Waals surface area contributed by atoms with Crippen LogP contribution >= 0.6 is 0 Å². The summed E-state index contributed by atoms with van der Waals surface area (Å²) < 4.78 is 5.80. The molecule has 0 saturated carbocycles. The summed E-state index contributed by atoms with van der Waals surface area (Å²) in [6, 6.07) is 8.28. The molecular formula is C12H16N2O. The van der Waals surface area contributed by atoms with Gasteiger partial charge in [0, 0.05) is 5.39 Å². The first-order valence-corrected chi connectivity index (χ1v) is 5.21. The van der Waals surface area contributed by atoms with Crippen LogP contribution in [0.2, 0.25) is 0 Å². The molecule has 2 aromatic rings. The van der Waals surface area contributed by atoms with Crippen LogP contribution in [0.5, 0.6) is 0 Å². The number of hydrazine groups is 1. The van der Waals surface area contributed by atoms with Gasteiger partial charge in [-0.2, -0.15) is 0 Å². The molecule has 0 amide bonds. The highest BCUT2D eigenvalue weighted by Crippen LogP contribution is 2.27. The Morgan fingerprint density at radius 2 is 2.27 bits per heavy atom. The molecule has 0 radical (unpaired) electrons. The first kappa shape index (κ1) is 10.2. The first-order chi connectivity index (χ1) is 7.26. The molecule has 0 aliphatic rings. The van der Waals surface area contributed by atoms with Gasteiger partial charge in [-0.15, -0.1) is 0 Å². The van der Waals surface area contributed by atoms with Crippen LogP contribution in [0.15, 0.2) is 28.7 Å². The zero-order valence-electron chi connectivity index (χ0n) is 9.08. The summed E-state index contributed by atoms with van der Waals surface area (Å²) in [6.45, 7) is 4.12. The molecule has 1 unspecified atom stereocenters. The number of hydrogen-bond donors (Lipinski definition) is 2. The second kappa shape index (κ2) is 4.04. The monoisotopic (exact) mass is 204 g/mol. The molecule has 1 heterocycles. The first-order valence-electron chi connectivity index (χ1n) is 5.21. The van der Waals surface area contributed by atoms with Crippen LogP contribution in [0.25, 0.3) is 11.0 Å². The van der Waals surface area contributed by atoms with Crippen molar-refractivity contribution in [1.29, 1.82) is 0 Å². The highest BCUT2D eigenvalue weighted by Gasteiger charge is 2.13. The summed E-state index contributed by atoms with van der Waals surface area (Å²) >= 11 is 0. The molecule has 1 aromatic heterocycles. The molecule has 3 N–H and O–H groups in total. The Kier molecular flexibility index (Phi) is 2.75. The Bertz CT molecular complexity index is 458. The van der Waals surface area contributed by atoms with Crippen LogP contribution in [0.4, 0.5) is 0 Å². The lowest BCUT2D eigenvalue weighted by Crippen LogP contribution is -2.26. The fourth-order valence-corrected chi connectivity index (χ4v) is 1.80. The van der Waals surface area contributed by atoms with Gasteiger partial charge in [0.15, 0.2) is 0 Å². The van der Waals surface area contributed by atoms with Crippen molar-refractivity contribution >= 4 is 11.0 Å². The van der Waals surface area contributed by atoms with E-state index < -0.39 is 0 Å². The van der Waals surface area contributed by atoms with Crippen molar-refractivity contribution in [1.82, 2.24) is 5.43 Å². The van der Waals surface area contributed by atoms with Crippen LogP contribution in [-0.2, 0) is 0 Å². The van der Waals surface area contributed by atoms with Crippen molar-refractivity contribution < 1.29 is 4.42 Å². The van der Waals surface area contributed by atoms with Gasteiger partial charge in [0.2, 0.25) is 0 Å². The van der Waals surface area contributed by atoms with Crippen molar-refractivity contribution in [3.63, 3.8) is 0 Å². The molecule has 2 rings (SSSR count). The Morgan fingerprint density at radius 3 is 2.87 bits per heavy atom. The average Bonchev–Trinajstić information content (AvgIpc) is 2.65. The number of fused-ring (bicyclic) bond motifs is 1. The molecule has 0 aliphatic carbocycles. The lowest BCUT2D eigenvalue weighted by molar-refractivity contribution is 0.427. The smallest absolute Gasteiger partial charge is 0.137 e. The molecule has 0 bridgehead atoms. The van der Waals surface area contributed by atoms with Crippen molar-refractivity contribution in [3.8, 4) is 0 Å². The van der Waals surface area contributed by atoms with E-state index >= 15 is 0 Å². The third kappa shape index (κ3) is 1.76. The van der Waals surface area contributed by atoms with E-state index in [1.54, 1.807) is 0 Å². The molecule has 1 atom stereocenters. The van der Waals surface area contributed by atoms with Gasteiger partial charge >= 0.3 is 0 Å². The molecule has 0 saturated heterocycles. The second-order valence-electron chi connectivity index (χ2n) is 3.77. The zero-order valence-corrected chi connectivity index (χ0v) is 9.08. The summed E-state index contributed by atoms with van der Waals surface area (Å²) in [5.74, 6) is 6.37. The molecule has 15 heavy (non-hydrogen) atoms. The molecule has 80 valence electrons. The molecule has 0 aliphatic heterocycles. The third-order valence-corrected chi connectivity index (χ3v) is 2.71. The second-order valence-corrected chi connectivity index (χ2v) is 3.77. The van der Waals surface area contributed by atoms with Gasteiger partial charge in [0.05, 0.1) is 6.04 Å². The van der Waals surface area contributed by atoms with Crippen molar-refractivity contribution in [2.75, 3.05) is 0 Å². The van der Waals surface area contributed by atoms with E-state index in [0.717, 1.165) is 28.7 Å². The van der Waals surface area contributed by atoms with Crippen molar-refractivity contribution in [3.05, 3.63) is 35.6 Å². The van der Waals surface area contributed by atoms with Crippen LogP contribution in [0.3, 0.4) is 0 Å². The minimum Gasteiger partial charge on any atom is -0.459 e. The van der Waals surface area contributed by atoms with E-state index in [1.165, 1.54) is 0 Å². The largest absolute Gasteiger partial charge is 0.459 e. The number of furan rings is 1. The number of benzene rings is 1. The number of nitrogens with one attached hydrogen (secondary N) is 1. The maximum Gasteiger partial charge on any atom is 0.137 e. The number of nitrogens with two attached hydrogens (primary N) is 1. The van der Waals surface area contributed by atoms with Gasteiger partial charge < -0.3 is 4.42 Å². The van der Waals surface area contributed by atoms with E-state index in [2.05, 4.69) is 24.5 Å². The minimum atomic E-state index is 0.0943. The summed E-state index contributed by atoms with van der Waals surface area (Å²) in [5.41, 5.74) is 4.87. The summed E-state index contributed by atoms with van der Waals surface area (Å²) in [5, 5.41) is 1.14. The summed E-state index contributed by atoms with van der Waals surface area (Å²) in [7, 11) is 0. The standard InChI is InChI=1S/C12H16N2O/c1-3-10(14-13)11-7-9-6-4-5-8(2)12(9)15-11/h4-7,10,14H,3,13H2,1-2H3. The topological polar surface area (TPSA) is 51.2 Å². The minimum absolute atomic E-state index is 0.0943. The highest BCUT2D eigenvalue weighted by molar-refractivity contribution is 5.80. The lowest BCUT2D eigenvalue weighted by Gasteiger charge is -2.08. The van der Waals surface area contributed by atoms with Gasteiger partial charge in [-0.05, 0) is 25.0 Å². The van der Waals surface area contributed by atoms with Gasteiger partial charge in [-0.25, -0.2) is 5.43 Å². The zero-order chi connectivity index (χ0) is 10.8. The normalized spacial score (nSPS) is 13.3. The highest BCUT2D eigenvalue weighted by atomic mass is 16.3. The Balaban J connectivity index is 2.51. The Labute approximate surface area is 89.2 Å². The van der Waals surface area contributed by atoms with Gasteiger partial charge in [0.25, 0.3) is 0 Å². The summed E-state index contributed by atoms with van der Waals surface area (Å²) in [6.07, 6.45) is 0.912. The fraction of sp³-hybridized carbons (Fsp3) is 0.333. The lowest BCUT2D eigenvalue weighted by atomic mass is 10.1. The van der Waals surface area contributed by atoms with E-state index in [9.17, 15) is 0 Å². The van der Waals surface area contributed by atoms with Gasteiger partial charge in [-0.1, -0.05) is 25.1 Å². The summed E-state index contributed by atoms with van der Waals surface area (Å²) in [4.78, 5) is 0. The van der Waals surface area contributed by atoms with Crippen LogP contribution in [0.1, 0.15) is 30.7 Å². The maximum atomic E-state index is 5.80. The van der Waals surface area contributed by atoms with Crippen molar-refractivity contribution in [2.45, 2.75) is 26.3 Å². The molecule has 3 nitrogen and oxygen atoms in total. The molecular weight excluding hydrogens is 188 g/mol. The predicted octanol–water partition coefficient (Wildman–Crippen LogP) is 2.66. The molecule has 0 spiro atoms. The Morgan fingerprint density at radius 1 is 1.47 bits per heavy atom. The van der Waals surface area contributed by atoms with Crippen molar-refractivity contribution in [2.24, 2.45) is 5.84 Å². The molecule has 1 aromatic carbocycles. The molecule has 3 heteroatoms. The number of aryl methyl sites for hydroxylation is 1.